The van der Waals surface area contributed by atoms with Crippen LogP contribution in [0.1, 0.15) is 40.5 Å². The van der Waals surface area contributed by atoms with E-state index in [-0.39, 0.29) is 6.61 Å². The molecule has 0 radical (unpaired) electrons. The van der Waals surface area contributed by atoms with E-state index in [1.807, 2.05) is 0 Å². The predicted molar refractivity (Wildman–Crippen MR) is 78.1 cm³/mol. The summed E-state index contributed by atoms with van der Waals surface area (Å²) in [6.45, 7) is 10.3. The molecule has 1 saturated heterocycles. The molecular weight excluding hydrogens is 281 g/mol. The largest absolute Gasteiger partial charge is 0.522 e. The highest BCUT2D eigenvalue weighted by molar-refractivity contribution is 4.87. The van der Waals surface area contributed by atoms with Gasteiger partial charge < -0.3 is 5.32 Å². The standard InChI is InChI=1S/C15H29F3N2O/c1-11(2)7-13-10-20(5-6-21-15(16,17)18)14(9-19-13)8-12(3)4/h11-14,19H,5-10H2,1-4H3. The lowest BCUT2D eigenvalue weighted by Gasteiger charge is -2.41. The van der Waals surface area contributed by atoms with E-state index < -0.39 is 6.36 Å². The molecule has 1 fully saturated rings. The normalized spacial score (nSPS) is 25.0. The quantitative estimate of drug-likeness (QED) is 0.781. The first-order valence-electron chi connectivity index (χ1n) is 7.85. The van der Waals surface area contributed by atoms with E-state index in [0.29, 0.717) is 30.5 Å². The van der Waals surface area contributed by atoms with Crippen LogP contribution in [-0.2, 0) is 4.74 Å². The van der Waals surface area contributed by atoms with Gasteiger partial charge in [0.05, 0.1) is 6.61 Å². The summed E-state index contributed by atoms with van der Waals surface area (Å²) >= 11 is 0. The lowest BCUT2D eigenvalue weighted by Crippen LogP contribution is -2.57. The van der Waals surface area contributed by atoms with E-state index in [9.17, 15) is 13.2 Å². The van der Waals surface area contributed by atoms with Crippen molar-refractivity contribution in [2.75, 3.05) is 26.2 Å². The Labute approximate surface area is 126 Å². The molecule has 0 aromatic rings. The van der Waals surface area contributed by atoms with Gasteiger partial charge in [-0.1, -0.05) is 27.7 Å². The summed E-state index contributed by atoms with van der Waals surface area (Å²) in [5, 5.41) is 3.54. The fourth-order valence-electron chi connectivity index (χ4n) is 2.98. The molecule has 21 heavy (non-hydrogen) atoms. The molecule has 3 nitrogen and oxygen atoms in total. The zero-order valence-electron chi connectivity index (χ0n) is 13.5. The van der Waals surface area contributed by atoms with Gasteiger partial charge in [-0.25, -0.2) is 0 Å². The van der Waals surface area contributed by atoms with Gasteiger partial charge in [-0.05, 0) is 24.7 Å². The Morgan fingerprint density at radius 1 is 1.14 bits per heavy atom. The van der Waals surface area contributed by atoms with Crippen LogP contribution in [0.25, 0.3) is 0 Å². The molecule has 0 aliphatic carbocycles. The average Bonchev–Trinajstić information content (AvgIpc) is 2.29. The molecule has 0 aromatic carbocycles. The minimum atomic E-state index is -4.53. The van der Waals surface area contributed by atoms with Gasteiger partial charge in [0.2, 0.25) is 0 Å². The second kappa shape index (κ2) is 8.34. The zero-order valence-corrected chi connectivity index (χ0v) is 13.5. The van der Waals surface area contributed by atoms with Crippen LogP contribution >= 0.6 is 0 Å². The van der Waals surface area contributed by atoms with Gasteiger partial charge in [0, 0.05) is 31.7 Å². The highest BCUT2D eigenvalue weighted by Gasteiger charge is 2.32. The number of alkyl halides is 3. The molecule has 1 aliphatic heterocycles. The molecule has 2 atom stereocenters. The molecule has 1 rings (SSSR count). The molecular formula is C15H29F3N2O. The van der Waals surface area contributed by atoms with E-state index >= 15 is 0 Å². The molecule has 0 spiro atoms. The lowest BCUT2D eigenvalue weighted by atomic mass is 9.96. The topological polar surface area (TPSA) is 24.5 Å². The van der Waals surface area contributed by atoms with Crippen molar-refractivity contribution in [2.24, 2.45) is 11.8 Å². The van der Waals surface area contributed by atoms with Gasteiger partial charge in [-0.2, -0.15) is 0 Å². The van der Waals surface area contributed by atoms with Gasteiger partial charge >= 0.3 is 6.36 Å². The first-order valence-corrected chi connectivity index (χ1v) is 7.85. The second-order valence-electron chi connectivity index (χ2n) is 6.81. The Morgan fingerprint density at radius 3 is 2.29 bits per heavy atom. The molecule has 1 aliphatic rings. The van der Waals surface area contributed by atoms with Crippen molar-refractivity contribution in [1.82, 2.24) is 10.2 Å². The van der Waals surface area contributed by atoms with Gasteiger partial charge in [0.15, 0.2) is 0 Å². The van der Waals surface area contributed by atoms with E-state index in [1.54, 1.807) is 0 Å². The third kappa shape index (κ3) is 8.02. The van der Waals surface area contributed by atoms with Crippen molar-refractivity contribution in [3.63, 3.8) is 0 Å². The van der Waals surface area contributed by atoms with Crippen LogP contribution in [0.4, 0.5) is 13.2 Å². The summed E-state index contributed by atoms with van der Waals surface area (Å²) in [5.41, 5.74) is 0. The predicted octanol–water partition coefficient (Wildman–Crippen LogP) is 3.26. The van der Waals surface area contributed by atoms with Crippen molar-refractivity contribution in [3.05, 3.63) is 0 Å². The molecule has 1 N–H and O–H groups in total. The maximum atomic E-state index is 12.1. The summed E-state index contributed by atoms with van der Waals surface area (Å²) in [7, 11) is 0. The average molecular weight is 310 g/mol. The first-order chi connectivity index (χ1) is 9.67. The number of rotatable bonds is 7. The molecule has 0 bridgehead atoms. The number of nitrogens with one attached hydrogen (secondary N) is 1. The monoisotopic (exact) mass is 310 g/mol. The molecule has 1 heterocycles. The van der Waals surface area contributed by atoms with Crippen molar-refractivity contribution >= 4 is 0 Å². The highest BCUT2D eigenvalue weighted by Crippen LogP contribution is 2.20. The number of ether oxygens (including phenoxy) is 1. The lowest BCUT2D eigenvalue weighted by molar-refractivity contribution is -0.325. The fourth-order valence-corrected chi connectivity index (χ4v) is 2.98. The van der Waals surface area contributed by atoms with Crippen LogP contribution < -0.4 is 5.32 Å². The van der Waals surface area contributed by atoms with Crippen LogP contribution in [0.15, 0.2) is 0 Å². The minimum absolute atomic E-state index is 0.285. The van der Waals surface area contributed by atoms with Crippen molar-refractivity contribution in [3.8, 4) is 0 Å². The third-order valence-electron chi connectivity index (χ3n) is 3.76. The van der Waals surface area contributed by atoms with Crippen molar-refractivity contribution in [2.45, 2.75) is 59.0 Å². The number of hydrogen-bond donors (Lipinski definition) is 1. The van der Waals surface area contributed by atoms with E-state index in [1.165, 1.54) is 0 Å². The summed E-state index contributed by atoms with van der Waals surface area (Å²) < 4.78 is 40.3. The van der Waals surface area contributed by atoms with E-state index in [4.69, 9.17) is 0 Å². The zero-order chi connectivity index (χ0) is 16.0. The Bertz CT molecular complexity index is 295. The number of halogens is 3. The molecule has 2 unspecified atom stereocenters. The van der Waals surface area contributed by atoms with Crippen molar-refractivity contribution in [1.29, 1.82) is 0 Å². The van der Waals surface area contributed by atoms with Crippen LogP contribution in [0.5, 0.6) is 0 Å². The van der Waals surface area contributed by atoms with Gasteiger partial charge in [-0.15, -0.1) is 13.2 Å². The SMILES string of the molecule is CC(C)CC1CN(CCOC(F)(F)F)C(CC(C)C)CN1. The summed E-state index contributed by atoms with van der Waals surface area (Å²) in [6, 6.07) is 0.657. The Kier molecular flexibility index (Phi) is 7.44. The van der Waals surface area contributed by atoms with Gasteiger partial charge in [0.1, 0.15) is 0 Å². The Hall–Kier alpha value is -0.330. The molecule has 0 saturated carbocycles. The van der Waals surface area contributed by atoms with Crippen LogP contribution in [0, 0.1) is 11.8 Å². The molecule has 6 heteroatoms. The van der Waals surface area contributed by atoms with Crippen LogP contribution in [0.3, 0.4) is 0 Å². The van der Waals surface area contributed by atoms with Gasteiger partial charge in [0.25, 0.3) is 0 Å². The maximum Gasteiger partial charge on any atom is 0.522 e. The third-order valence-corrected chi connectivity index (χ3v) is 3.76. The van der Waals surface area contributed by atoms with Gasteiger partial charge in [-0.3, -0.25) is 9.64 Å². The number of piperazine rings is 1. The van der Waals surface area contributed by atoms with E-state index in [0.717, 1.165) is 25.9 Å². The number of hydrogen-bond acceptors (Lipinski definition) is 3. The Morgan fingerprint density at radius 2 is 1.76 bits per heavy atom. The molecule has 126 valence electrons. The minimum Gasteiger partial charge on any atom is -0.311 e. The van der Waals surface area contributed by atoms with Crippen LogP contribution in [-0.4, -0.2) is 49.6 Å². The second-order valence-corrected chi connectivity index (χ2v) is 6.81. The molecule has 0 aromatic heterocycles. The first kappa shape index (κ1) is 18.7. The summed E-state index contributed by atoms with van der Waals surface area (Å²) in [6.07, 6.45) is -2.49. The van der Waals surface area contributed by atoms with E-state index in [2.05, 4.69) is 42.6 Å². The molecule has 0 amide bonds. The van der Waals surface area contributed by atoms with Crippen molar-refractivity contribution < 1.29 is 17.9 Å². The maximum absolute atomic E-state index is 12.1. The Balaban J connectivity index is 2.52. The summed E-state index contributed by atoms with van der Waals surface area (Å²) in [4.78, 5) is 2.16. The highest BCUT2D eigenvalue weighted by atomic mass is 19.4. The van der Waals surface area contributed by atoms with Crippen LogP contribution in [0.2, 0.25) is 0 Å². The summed E-state index contributed by atoms with van der Waals surface area (Å²) in [5.74, 6) is 1.11. The number of nitrogens with zero attached hydrogens (tertiary/aromatic N) is 1. The fraction of sp³-hybridized carbons (Fsp3) is 1.00. The smallest absolute Gasteiger partial charge is 0.311 e.